The molecule has 0 saturated heterocycles. The highest BCUT2D eigenvalue weighted by molar-refractivity contribution is 6.32. The average molecular weight is 233 g/mol. The first-order chi connectivity index (χ1) is 7.10. The van der Waals surface area contributed by atoms with Gasteiger partial charge in [-0.2, -0.15) is 0 Å². The van der Waals surface area contributed by atoms with Crippen molar-refractivity contribution in [2.24, 2.45) is 11.5 Å². The highest BCUT2D eigenvalue weighted by atomic mass is 35.5. The number of hydrogen-bond acceptors (Lipinski definition) is 3. The Morgan fingerprint density at radius 3 is 2.73 bits per heavy atom. The van der Waals surface area contributed by atoms with Gasteiger partial charge in [0.2, 0.25) is 0 Å². The molecule has 84 valence electrons. The van der Waals surface area contributed by atoms with Gasteiger partial charge < -0.3 is 16.2 Å². The molecule has 1 unspecified atom stereocenters. The minimum absolute atomic E-state index is 0.208. The molecule has 1 aromatic carbocycles. The zero-order valence-electron chi connectivity index (χ0n) is 8.47. The topological polar surface area (TPSA) is 61.3 Å². The van der Waals surface area contributed by atoms with Crippen LogP contribution in [0.2, 0.25) is 5.02 Å². The van der Waals surface area contributed by atoms with Crippen LogP contribution in [0, 0.1) is 5.82 Å². The second kappa shape index (κ2) is 5.30. The summed E-state index contributed by atoms with van der Waals surface area (Å²) in [7, 11) is 0. The third kappa shape index (κ3) is 2.81. The molecule has 15 heavy (non-hydrogen) atoms. The molecular weight excluding hydrogens is 219 g/mol. The van der Waals surface area contributed by atoms with Crippen LogP contribution in [0.1, 0.15) is 18.5 Å². The van der Waals surface area contributed by atoms with Crippen LogP contribution in [-0.2, 0) is 0 Å². The molecule has 0 radical (unpaired) electrons. The van der Waals surface area contributed by atoms with E-state index in [-0.39, 0.29) is 11.6 Å². The molecule has 0 aliphatic carbocycles. The molecule has 0 aliphatic rings. The van der Waals surface area contributed by atoms with Crippen molar-refractivity contribution in [3.8, 4) is 5.75 Å². The van der Waals surface area contributed by atoms with Crippen LogP contribution >= 0.6 is 11.6 Å². The zero-order valence-corrected chi connectivity index (χ0v) is 9.22. The summed E-state index contributed by atoms with van der Waals surface area (Å²) in [4.78, 5) is 0. The largest absolute Gasteiger partial charge is 0.492 e. The minimum atomic E-state index is -0.472. The molecule has 4 N–H and O–H groups in total. The Morgan fingerprint density at radius 1 is 1.53 bits per heavy atom. The minimum Gasteiger partial charge on any atom is -0.492 e. The molecule has 0 heterocycles. The molecule has 1 atom stereocenters. The van der Waals surface area contributed by atoms with E-state index in [4.69, 9.17) is 27.8 Å². The standard InChI is InChI=1S/C10H14ClFN2O/c1-2-15-10-7(9(14)5-13)3-6(12)4-8(10)11/h3-4,9H,2,5,13-14H2,1H3. The van der Waals surface area contributed by atoms with Crippen molar-refractivity contribution in [1.29, 1.82) is 0 Å². The molecule has 0 aromatic heterocycles. The second-order valence-corrected chi connectivity index (χ2v) is 3.49. The van der Waals surface area contributed by atoms with E-state index in [1.807, 2.05) is 6.92 Å². The van der Waals surface area contributed by atoms with E-state index in [9.17, 15) is 4.39 Å². The van der Waals surface area contributed by atoms with E-state index in [0.717, 1.165) is 0 Å². The summed E-state index contributed by atoms with van der Waals surface area (Å²) < 4.78 is 18.4. The highest BCUT2D eigenvalue weighted by Gasteiger charge is 2.15. The molecule has 1 rings (SSSR count). The molecule has 0 bridgehead atoms. The maximum atomic E-state index is 13.1. The van der Waals surface area contributed by atoms with Crippen molar-refractivity contribution in [3.63, 3.8) is 0 Å². The van der Waals surface area contributed by atoms with Crippen LogP contribution in [-0.4, -0.2) is 13.2 Å². The summed E-state index contributed by atoms with van der Waals surface area (Å²) in [5.41, 5.74) is 11.7. The molecule has 3 nitrogen and oxygen atoms in total. The van der Waals surface area contributed by atoms with Gasteiger partial charge >= 0.3 is 0 Å². The van der Waals surface area contributed by atoms with Crippen LogP contribution in [0.3, 0.4) is 0 Å². The lowest BCUT2D eigenvalue weighted by molar-refractivity contribution is 0.333. The molecule has 0 aliphatic heterocycles. The predicted molar refractivity (Wildman–Crippen MR) is 58.6 cm³/mol. The van der Waals surface area contributed by atoms with E-state index in [2.05, 4.69) is 0 Å². The van der Waals surface area contributed by atoms with Crippen LogP contribution in [0.5, 0.6) is 5.75 Å². The summed E-state index contributed by atoms with van der Waals surface area (Å²) in [6.07, 6.45) is 0. The highest BCUT2D eigenvalue weighted by Crippen LogP contribution is 2.32. The number of benzene rings is 1. The molecule has 1 aromatic rings. The number of ether oxygens (including phenoxy) is 1. The summed E-state index contributed by atoms with van der Waals surface area (Å²) in [5, 5.41) is 0.218. The Morgan fingerprint density at radius 2 is 2.20 bits per heavy atom. The van der Waals surface area contributed by atoms with Gasteiger partial charge in [0.25, 0.3) is 0 Å². The summed E-state index contributed by atoms with van der Waals surface area (Å²) in [6, 6.07) is 2.02. The lowest BCUT2D eigenvalue weighted by atomic mass is 10.1. The lowest BCUT2D eigenvalue weighted by Gasteiger charge is -2.16. The quantitative estimate of drug-likeness (QED) is 0.833. The van der Waals surface area contributed by atoms with Crippen LogP contribution in [0.25, 0.3) is 0 Å². The Balaban J connectivity index is 3.20. The van der Waals surface area contributed by atoms with Gasteiger partial charge in [0.05, 0.1) is 11.6 Å². The van der Waals surface area contributed by atoms with Gasteiger partial charge in [-0.25, -0.2) is 4.39 Å². The fourth-order valence-corrected chi connectivity index (χ4v) is 1.55. The van der Waals surface area contributed by atoms with Gasteiger partial charge in [0, 0.05) is 18.2 Å². The van der Waals surface area contributed by atoms with Gasteiger partial charge in [-0.15, -0.1) is 0 Å². The fraction of sp³-hybridized carbons (Fsp3) is 0.400. The first-order valence-electron chi connectivity index (χ1n) is 4.67. The first-order valence-corrected chi connectivity index (χ1v) is 5.05. The number of nitrogens with two attached hydrogens (primary N) is 2. The average Bonchev–Trinajstić information content (AvgIpc) is 2.20. The Labute approximate surface area is 93.2 Å². The van der Waals surface area contributed by atoms with E-state index in [1.165, 1.54) is 12.1 Å². The SMILES string of the molecule is CCOc1c(Cl)cc(F)cc1C(N)CN. The maximum Gasteiger partial charge on any atom is 0.142 e. The van der Waals surface area contributed by atoms with Crippen molar-refractivity contribution in [2.45, 2.75) is 13.0 Å². The van der Waals surface area contributed by atoms with Crippen molar-refractivity contribution in [2.75, 3.05) is 13.2 Å². The van der Waals surface area contributed by atoms with Gasteiger partial charge in [-0.3, -0.25) is 0 Å². The molecule has 0 fully saturated rings. The van der Waals surface area contributed by atoms with Crippen LogP contribution in [0.15, 0.2) is 12.1 Å². The maximum absolute atomic E-state index is 13.1. The van der Waals surface area contributed by atoms with E-state index in [1.54, 1.807) is 0 Å². The van der Waals surface area contributed by atoms with E-state index >= 15 is 0 Å². The Bertz CT molecular complexity index is 346. The lowest BCUT2D eigenvalue weighted by Crippen LogP contribution is -2.21. The fourth-order valence-electron chi connectivity index (χ4n) is 1.28. The first kappa shape index (κ1) is 12.2. The molecule has 0 saturated carbocycles. The number of hydrogen-bond donors (Lipinski definition) is 2. The third-order valence-electron chi connectivity index (χ3n) is 1.98. The third-order valence-corrected chi connectivity index (χ3v) is 2.26. The number of halogens is 2. The van der Waals surface area contributed by atoms with Crippen LogP contribution < -0.4 is 16.2 Å². The Kier molecular flexibility index (Phi) is 4.32. The monoisotopic (exact) mass is 232 g/mol. The van der Waals surface area contributed by atoms with Crippen molar-refractivity contribution >= 4 is 11.6 Å². The summed E-state index contributed by atoms with van der Waals surface area (Å²) in [6.45, 7) is 2.47. The molecular formula is C10H14ClFN2O. The predicted octanol–water partition coefficient (Wildman–Crippen LogP) is 1.84. The summed E-state index contributed by atoms with van der Waals surface area (Å²) in [5.74, 6) is -0.0270. The van der Waals surface area contributed by atoms with Crippen molar-refractivity contribution in [3.05, 3.63) is 28.5 Å². The van der Waals surface area contributed by atoms with Gasteiger partial charge in [0.15, 0.2) is 0 Å². The second-order valence-electron chi connectivity index (χ2n) is 3.08. The molecule has 0 amide bonds. The van der Waals surface area contributed by atoms with Gasteiger partial charge in [-0.1, -0.05) is 11.6 Å². The van der Waals surface area contributed by atoms with Gasteiger partial charge in [-0.05, 0) is 19.1 Å². The van der Waals surface area contributed by atoms with Crippen molar-refractivity contribution in [1.82, 2.24) is 0 Å². The van der Waals surface area contributed by atoms with E-state index < -0.39 is 11.9 Å². The van der Waals surface area contributed by atoms with E-state index in [0.29, 0.717) is 17.9 Å². The summed E-state index contributed by atoms with van der Waals surface area (Å²) >= 11 is 5.85. The smallest absolute Gasteiger partial charge is 0.142 e. The normalized spacial score (nSPS) is 12.6. The molecule has 0 spiro atoms. The van der Waals surface area contributed by atoms with Crippen molar-refractivity contribution < 1.29 is 9.13 Å². The zero-order chi connectivity index (χ0) is 11.4. The molecule has 5 heteroatoms. The number of rotatable bonds is 4. The Hall–Kier alpha value is -0.840. The van der Waals surface area contributed by atoms with Gasteiger partial charge in [0.1, 0.15) is 11.6 Å². The van der Waals surface area contributed by atoms with Crippen LogP contribution in [0.4, 0.5) is 4.39 Å².